The number of carbonyl (C=O) groups excluding carboxylic acids is 1. The maximum absolute atomic E-state index is 12.2. The summed E-state index contributed by atoms with van der Waals surface area (Å²) in [5, 5.41) is 0. The van der Waals surface area contributed by atoms with Crippen LogP contribution in [0.3, 0.4) is 0 Å². The van der Waals surface area contributed by atoms with E-state index in [9.17, 15) is 4.79 Å². The van der Waals surface area contributed by atoms with Gasteiger partial charge >= 0.3 is 5.97 Å². The Kier molecular flexibility index (Phi) is 14.2. The lowest BCUT2D eigenvalue weighted by atomic mass is 10.0. The van der Waals surface area contributed by atoms with E-state index in [-0.39, 0.29) is 12.8 Å². The zero-order valence-electron chi connectivity index (χ0n) is 22.5. The van der Waals surface area contributed by atoms with E-state index in [1.54, 1.807) is 0 Å². The summed E-state index contributed by atoms with van der Waals surface area (Å²) in [7, 11) is 4.27. The van der Waals surface area contributed by atoms with Gasteiger partial charge in [-0.15, -0.1) is 0 Å². The van der Waals surface area contributed by atoms with Gasteiger partial charge in [-0.2, -0.15) is 0 Å². The van der Waals surface area contributed by atoms with Crippen molar-refractivity contribution in [2.24, 2.45) is 0 Å². The summed E-state index contributed by atoms with van der Waals surface area (Å²) >= 11 is 0. The molecule has 0 amide bonds. The number of benzene rings is 2. The summed E-state index contributed by atoms with van der Waals surface area (Å²) < 4.78 is 11.8. The molecule has 4 heteroatoms. The third-order valence-electron chi connectivity index (χ3n) is 6.54. The highest BCUT2D eigenvalue weighted by Gasteiger charge is 2.18. The number of rotatable bonds is 19. The van der Waals surface area contributed by atoms with Crippen molar-refractivity contribution >= 4 is 5.97 Å². The van der Waals surface area contributed by atoms with E-state index in [1.807, 2.05) is 30.3 Å². The Morgan fingerprint density at radius 3 is 2.09 bits per heavy atom. The number of unbranched alkanes of at least 4 members (excludes halogenated alkanes) is 9. The van der Waals surface area contributed by atoms with Crippen molar-refractivity contribution in [2.75, 3.05) is 27.4 Å². The smallest absolute Gasteiger partial charge is 0.314 e. The molecule has 0 N–H and O–H groups in total. The van der Waals surface area contributed by atoms with E-state index in [0.29, 0.717) is 6.42 Å². The van der Waals surface area contributed by atoms with Gasteiger partial charge in [-0.05, 0) is 30.5 Å². The Bertz CT molecular complexity index is 819. The van der Waals surface area contributed by atoms with E-state index in [1.165, 1.54) is 75.3 Å². The van der Waals surface area contributed by atoms with Crippen LogP contribution in [0.4, 0.5) is 0 Å². The molecule has 35 heavy (non-hydrogen) atoms. The number of ether oxygens (including phenoxy) is 2. The van der Waals surface area contributed by atoms with Crippen LogP contribution in [-0.2, 0) is 22.5 Å². The standard InChI is InChI=1S/C31H48NO3/c1-4-5-6-7-8-9-10-11-12-14-18-28-21-17-22-30(25-28)34-27-35-31(33)23-24-32(2,3)26-29-19-15-13-16-20-29/h13,15-17,19-22,25H,4-12,14,18,23-24,26-27H2,1-3H3/q+1. The lowest BCUT2D eigenvalue weighted by Gasteiger charge is -2.29. The van der Waals surface area contributed by atoms with Crippen LogP contribution in [0.1, 0.15) is 88.7 Å². The molecule has 0 aliphatic rings. The van der Waals surface area contributed by atoms with Gasteiger partial charge in [-0.1, -0.05) is 107 Å². The lowest BCUT2D eigenvalue weighted by Crippen LogP contribution is -2.40. The topological polar surface area (TPSA) is 35.5 Å². The molecule has 0 saturated heterocycles. The van der Waals surface area contributed by atoms with Crippen molar-refractivity contribution in [1.29, 1.82) is 0 Å². The Morgan fingerprint density at radius 1 is 0.771 bits per heavy atom. The van der Waals surface area contributed by atoms with Crippen LogP contribution >= 0.6 is 0 Å². The average Bonchev–Trinajstić information content (AvgIpc) is 2.85. The van der Waals surface area contributed by atoms with Crippen LogP contribution in [0.25, 0.3) is 0 Å². The van der Waals surface area contributed by atoms with Crippen molar-refractivity contribution in [3.8, 4) is 5.75 Å². The number of quaternary nitrogens is 1. The molecular weight excluding hydrogens is 434 g/mol. The van der Waals surface area contributed by atoms with Crippen LogP contribution in [0.5, 0.6) is 5.75 Å². The number of carbonyl (C=O) groups is 1. The normalized spacial score (nSPS) is 11.4. The molecule has 2 aromatic rings. The number of hydrogen-bond acceptors (Lipinski definition) is 3. The van der Waals surface area contributed by atoms with Gasteiger partial charge in [0.25, 0.3) is 0 Å². The molecule has 0 saturated carbocycles. The maximum Gasteiger partial charge on any atom is 0.314 e. The summed E-state index contributed by atoms with van der Waals surface area (Å²) in [6, 6.07) is 18.5. The number of aryl methyl sites for hydroxylation is 1. The van der Waals surface area contributed by atoms with Crippen LogP contribution in [0.15, 0.2) is 54.6 Å². The van der Waals surface area contributed by atoms with Gasteiger partial charge in [-0.3, -0.25) is 4.79 Å². The lowest BCUT2D eigenvalue weighted by molar-refractivity contribution is -0.903. The van der Waals surface area contributed by atoms with Gasteiger partial charge in [0, 0.05) is 5.56 Å². The van der Waals surface area contributed by atoms with Gasteiger partial charge in [-0.25, -0.2) is 0 Å². The van der Waals surface area contributed by atoms with Gasteiger partial charge in [0.2, 0.25) is 6.79 Å². The van der Waals surface area contributed by atoms with E-state index >= 15 is 0 Å². The molecule has 4 nitrogen and oxygen atoms in total. The van der Waals surface area contributed by atoms with Crippen LogP contribution in [-0.4, -0.2) is 37.9 Å². The van der Waals surface area contributed by atoms with Gasteiger partial charge in [0.05, 0.1) is 27.1 Å². The third kappa shape index (κ3) is 14.0. The van der Waals surface area contributed by atoms with E-state index in [2.05, 4.69) is 45.3 Å². The first-order valence-corrected chi connectivity index (χ1v) is 13.7. The minimum absolute atomic E-state index is 0.0351. The molecule has 0 aliphatic carbocycles. The van der Waals surface area contributed by atoms with Gasteiger partial charge in [0.15, 0.2) is 0 Å². The molecule has 0 heterocycles. The van der Waals surface area contributed by atoms with Crippen molar-refractivity contribution < 1.29 is 18.8 Å². The van der Waals surface area contributed by atoms with E-state index in [0.717, 1.165) is 29.7 Å². The summed E-state index contributed by atoms with van der Waals surface area (Å²) in [4.78, 5) is 12.2. The summed E-state index contributed by atoms with van der Waals surface area (Å²) in [6.45, 7) is 3.85. The van der Waals surface area contributed by atoms with Gasteiger partial charge in [0.1, 0.15) is 12.3 Å². The molecule has 0 spiro atoms. The molecule has 0 aliphatic heterocycles. The molecule has 0 fully saturated rings. The van der Waals surface area contributed by atoms with Crippen molar-refractivity contribution in [3.63, 3.8) is 0 Å². The fourth-order valence-electron chi connectivity index (χ4n) is 4.39. The minimum atomic E-state index is -0.217. The first-order chi connectivity index (χ1) is 17.0. The fourth-order valence-corrected chi connectivity index (χ4v) is 4.39. The summed E-state index contributed by atoms with van der Waals surface area (Å²) in [5.41, 5.74) is 2.56. The largest absolute Gasteiger partial charge is 0.457 e. The first kappa shape index (κ1) is 28.9. The zero-order chi connectivity index (χ0) is 25.2. The molecule has 194 valence electrons. The monoisotopic (exact) mass is 482 g/mol. The third-order valence-corrected chi connectivity index (χ3v) is 6.54. The Balaban J connectivity index is 1.56. The zero-order valence-corrected chi connectivity index (χ0v) is 22.5. The Morgan fingerprint density at radius 2 is 1.40 bits per heavy atom. The summed E-state index contributed by atoms with van der Waals surface area (Å²) in [6.07, 6.45) is 14.9. The number of esters is 1. The van der Waals surface area contributed by atoms with Crippen molar-refractivity contribution in [3.05, 3.63) is 65.7 Å². The second-order valence-electron chi connectivity index (χ2n) is 10.4. The van der Waals surface area contributed by atoms with Crippen molar-refractivity contribution in [2.45, 2.75) is 90.5 Å². The quantitative estimate of drug-likeness (QED) is 0.0891. The highest BCUT2D eigenvalue weighted by Crippen LogP contribution is 2.17. The SMILES string of the molecule is CCCCCCCCCCCCc1cccc(OCOC(=O)CC[N+](C)(C)Cc2ccccc2)c1. The second kappa shape index (κ2) is 17.2. The average molecular weight is 483 g/mol. The molecule has 0 bridgehead atoms. The maximum atomic E-state index is 12.2. The molecule has 0 radical (unpaired) electrons. The molecule has 2 rings (SSSR count). The Labute approximate surface area is 214 Å². The predicted octanol–water partition coefficient (Wildman–Crippen LogP) is 7.70. The molecule has 0 unspecified atom stereocenters. The molecule has 2 aromatic carbocycles. The molecule has 0 aromatic heterocycles. The van der Waals surface area contributed by atoms with Crippen molar-refractivity contribution in [1.82, 2.24) is 0 Å². The summed E-state index contributed by atoms with van der Waals surface area (Å²) in [5.74, 6) is 0.549. The number of nitrogens with zero attached hydrogens (tertiary/aromatic N) is 1. The van der Waals surface area contributed by atoms with E-state index in [4.69, 9.17) is 9.47 Å². The van der Waals surface area contributed by atoms with Crippen LogP contribution in [0.2, 0.25) is 0 Å². The fraction of sp³-hybridized carbons (Fsp3) is 0.581. The van der Waals surface area contributed by atoms with Crippen LogP contribution in [0, 0.1) is 0 Å². The van der Waals surface area contributed by atoms with Gasteiger partial charge < -0.3 is 14.0 Å². The minimum Gasteiger partial charge on any atom is -0.457 e. The predicted molar refractivity (Wildman–Crippen MR) is 145 cm³/mol. The molecule has 0 atom stereocenters. The van der Waals surface area contributed by atoms with E-state index < -0.39 is 0 Å². The highest BCUT2D eigenvalue weighted by atomic mass is 16.7. The highest BCUT2D eigenvalue weighted by molar-refractivity contribution is 5.69. The number of hydrogen-bond donors (Lipinski definition) is 0. The second-order valence-corrected chi connectivity index (χ2v) is 10.4. The van der Waals surface area contributed by atoms with Crippen LogP contribution < -0.4 is 4.74 Å². The molecular formula is C31H48NO3+. The Hall–Kier alpha value is -2.33. The first-order valence-electron chi connectivity index (χ1n) is 13.7.